The Bertz CT molecular complexity index is 677. The van der Waals surface area contributed by atoms with Crippen molar-refractivity contribution in [2.45, 2.75) is 12.8 Å². The maximum Gasteiger partial charge on any atom is 0.307 e. The molecule has 0 saturated heterocycles. The summed E-state index contributed by atoms with van der Waals surface area (Å²) in [6.07, 6.45) is 1.68. The third-order valence-corrected chi connectivity index (χ3v) is 3.76. The van der Waals surface area contributed by atoms with E-state index in [1.165, 1.54) is 0 Å². The summed E-state index contributed by atoms with van der Waals surface area (Å²) >= 11 is 3.39. The van der Waals surface area contributed by atoms with Crippen LogP contribution in [-0.4, -0.2) is 26.7 Å². The molecule has 0 radical (unpaired) electrons. The topological polar surface area (TPSA) is 79.5 Å². The van der Waals surface area contributed by atoms with Gasteiger partial charge < -0.3 is 14.8 Å². The van der Waals surface area contributed by atoms with E-state index in [1.807, 2.05) is 36.0 Å². The number of benzene rings is 1. The van der Waals surface area contributed by atoms with Gasteiger partial charge in [-0.3, -0.25) is 9.59 Å². The Morgan fingerprint density at radius 3 is 2.65 bits per heavy atom. The van der Waals surface area contributed by atoms with Gasteiger partial charge in [0.25, 0.3) is 0 Å². The zero-order valence-corrected chi connectivity index (χ0v) is 12.4. The molecule has 20 heavy (non-hydrogen) atoms. The summed E-state index contributed by atoms with van der Waals surface area (Å²) in [5.74, 6) is -3.10. The number of carbonyl (C=O) groups is 2. The summed E-state index contributed by atoms with van der Waals surface area (Å²) in [7, 11) is 1.88. The lowest BCUT2D eigenvalue weighted by molar-refractivity contribution is -0.148. The molecule has 2 rings (SSSR count). The van der Waals surface area contributed by atoms with Crippen LogP contribution in [0.15, 0.2) is 28.9 Å². The van der Waals surface area contributed by atoms with Gasteiger partial charge in [-0.05, 0) is 30.2 Å². The number of carboxylic acids is 2. The lowest BCUT2D eigenvalue weighted by Gasteiger charge is -2.08. The van der Waals surface area contributed by atoms with Gasteiger partial charge in [0.05, 0.1) is 12.3 Å². The van der Waals surface area contributed by atoms with Crippen LogP contribution in [0.4, 0.5) is 0 Å². The predicted molar refractivity (Wildman–Crippen MR) is 77.7 cm³/mol. The van der Waals surface area contributed by atoms with E-state index in [9.17, 15) is 9.59 Å². The van der Waals surface area contributed by atoms with Crippen LogP contribution < -0.4 is 0 Å². The van der Waals surface area contributed by atoms with Crippen molar-refractivity contribution in [2.24, 2.45) is 13.0 Å². The van der Waals surface area contributed by atoms with Crippen molar-refractivity contribution in [1.29, 1.82) is 0 Å². The molecular formula is C14H14BrNO4. The Hall–Kier alpha value is -1.82. The van der Waals surface area contributed by atoms with Crippen molar-refractivity contribution >= 4 is 38.8 Å². The molecule has 1 aromatic carbocycles. The van der Waals surface area contributed by atoms with E-state index in [-0.39, 0.29) is 12.8 Å². The molecule has 1 aromatic heterocycles. The van der Waals surface area contributed by atoms with Crippen molar-refractivity contribution in [3.05, 3.63) is 34.4 Å². The molecule has 106 valence electrons. The molecule has 0 bridgehead atoms. The van der Waals surface area contributed by atoms with E-state index in [1.54, 1.807) is 0 Å². The van der Waals surface area contributed by atoms with Gasteiger partial charge in [0.2, 0.25) is 0 Å². The van der Waals surface area contributed by atoms with Crippen LogP contribution >= 0.6 is 15.9 Å². The van der Waals surface area contributed by atoms with Gasteiger partial charge in [-0.1, -0.05) is 15.9 Å². The lowest BCUT2D eigenvalue weighted by atomic mass is 9.96. The van der Waals surface area contributed by atoms with E-state index in [0.717, 1.165) is 20.9 Å². The number of halogens is 1. The van der Waals surface area contributed by atoms with Gasteiger partial charge in [0, 0.05) is 28.6 Å². The third-order valence-electron chi connectivity index (χ3n) is 3.27. The minimum absolute atomic E-state index is 0.204. The van der Waals surface area contributed by atoms with Crippen LogP contribution in [0.2, 0.25) is 0 Å². The second kappa shape index (κ2) is 5.66. The van der Waals surface area contributed by atoms with Crippen molar-refractivity contribution in [3.8, 4) is 0 Å². The number of fused-ring (bicyclic) bond motifs is 1. The highest BCUT2D eigenvalue weighted by Crippen LogP contribution is 2.27. The molecule has 0 unspecified atom stereocenters. The number of aliphatic carboxylic acids is 2. The molecule has 2 aromatic rings. The Kier molecular flexibility index (Phi) is 4.13. The van der Waals surface area contributed by atoms with Crippen molar-refractivity contribution in [2.75, 3.05) is 0 Å². The quantitative estimate of drug-likeness (QED) is 0.877. The van der Waals surface area contributed by atoms with Crippen LogP contribution in [0.5, 0.6) is 0 Å². The Labute approximate surface area is 124 Å². The molecule has 1 atom stereocenters. The van der Waals surface area contributed by atoms with E-state index in [2.05, 4.69) is 15.9 Å². The summed E-state index contributed by atoms with van der Waals surface area (Å²) in [5, 5.41) is 18.9. The highest BCUT2D eigenvalue weighted by Gasteiger charge is 2.23. The van der Waals surface area contributed by atoms with Crippen LogP contribution in [0, 0.1) is 5.92 Å². The van der Waals surface area contributed by atoms with E-state index >= 15 is 0 Å². The van der Waals surface area contributed by atoms with Gasteiger partial charge in [0.15, 0.2) is 0 Å². The molecule has 0 aliphatic carbocycles. The molecule has 0 aliphatic rings. The first-order valence-corrected chi connectivity index (χ1v) is 6.86. The number of aryl methyl sites for hydroxylation is 1. The summed E-state index contributed by atoms with van der Waals surface area (Å²) in [6.45, 7) is 0. The van der Waals surface area contributed by atoms with Gasteiger partial charge in [-0.2, -0.15) is 0 Å². The van der Waals surface area contributed by atoms with E-state index in [4.69, 9.17) is 10.2 Å². The smallest absolute Gasteiger partial charge is 0.307 e. The van der Waals surface area contributed by atoms with Crippen molar-refractivity contribution < 1.29 is 19.8 Å². The summed E-state index contributed by atoms with van der Waals surface area (Å²) in [4.78, 5) is 21.9. The second-order valence-corrected chi connectivity index (χ2v) is 5.68. The van der Waals surface area contributed by atoms with Crippen molar-refractivity contribution in [3.63, 3.8) is 0 Å². The van der Waals surface area contributed by atoms with Gasteiger partial charge in [-0.15, -0.1) is 0 Å². The normalized spacial score (nSPS) is 12.5. The van der Waals surface area contributed by atoms with E-state index in [0.29, 0.717) is 0 Å². The SMILES string of the molecule is Cn1cc(C[C@H](CC(=O)O)C(=O)O)c2cc(Br)ccc21. The minimum atomic E-state index is -1.10. The molecule has 0 amide bonds. The van der Waals surface area contributed by atoms with E-state index < -0.39 is 17.9 Å². The Balaban J connectivity index is 2.39. The molecule has 0 aliphatic heterocycles. The first-order chi connectivity index (χ1) is 9.38. The molecule has 6 heteroatoms. The molecule has 0 spiro atoms. The lowest BCUT2D eigenvalue weighted by Crippen LogP contribution is -2.20. The number of carboxylic acid groups (broad SMARTS) is 2. The maximum absolute atomic E-state index is 11.2. The highest BCUT2D eigenvalue weighted by molar-refractivity contribution is 9.10. The minimum Gasteiger partial charge on any atom is -0.481 e. The Morgan fingerprint density at radius 2 is 2.05 bits per heavy atom. The highest BCUT2D eigenvalue weighted by atomic mass is 79.9. The molecule has 0 fully saturated rings. The molecule has 1 heterocycles. The first kappa shape index (κ1) is 14.6. The van der Waals surface area contributed by atoms with Crippen LogP contribution in [-0.2, 0) is 23.1 Å². The zero-order chi connectivity index (χ0) is 14.9. The fourth-order valence-electron chi connectivity index (χ4n) is 2.33. The number of aromatic nitrogens is 1. The number of hydrogen-bond donors (Lipinski definition) is 2. The molecule has 2 N–H and O–H groups in total. The largest absolute Gasteiger partial charge is 0.481 e. The zero-order valence-electron chi connectivity index (χ0n) is 10.8. The molecule has 0 saturated carbocycles. The summed E-state index contributed by atoms with van der Waals surface area (Å²) in [5.41, 5.74) is 1.83. The number of rotatable bonds is 5. The molecule has 5 nitrogen and oxygen atoms in total. The van der Waals surface area contributed by atoms with Gasteiger partial charge in [0.1, 0.15) is 0 Å². The maximum atomic E-state index is 11.2. The van der Waals surface area contributed by atoms with Crippen LogP contribution in [0.25, 0.3) is 10.9 Å². The monoisotopic (exact) mass is 339 g/mol. The summed E-state index contributed by atoms with van der Waals surface area (Å²) < 4.78 is 2.82. The number of hydrogen-bond acceptors (Lipinski definition) is 2. The second-order valence-electron chi connectivity index (χ2n) is 4.76. The standard InChI is InChI=1S/C14H14BrNO4/c1-16-7-9(4-8(14(19)20)5-13(17)18)11-6-10(15)2-3-12(11)16/h2-3,6-8H,4-5H2,1H3,(H,17,18)(H,19,20)/t8-/m1/s1. The predicted octanol–water partition coefficient (Wildman–Crippen LogP) is 2.66. The molecular weight excluding hydrogens is 326 g/mol. The third kappa shape index (κ3) is 3.01. The first-order valence-electron chi connectivity index (χ1n) is 6.06. The fraction of sp³-hybridized carbons (Fsp3) is 0.286. The van der Waals surface area contributed by atoms with Crippen LogP contribution in [0.3, 0.4) is 0 Å². The number of nitrogens with zero attached hydrogens (tertiary/aromatic N) is 1. The fourth-order valence-corrected chi connectivity index (χ4v) is 2.69. The average Bonchev–Trinajstić information content (AvgIpc) is 2.64. The van der Waals surface area contributed by atoms with Gasteiger partial charge in [-0.25, -0.2) is 0 Å². The van der Waals surface area contributed by atoms with Gasteiger partial charge >= 0.3 is 11.9 Å². The Morgan fingerprint density at radius 1 is 1.35 bits per heavy atom. The average molecular weight is 340 g/mol. The van der Waals surface area contributed by atoms with Crippen molar-refractivity contribution in [1.82, 2.24) is 4.57 Å². The van der Waals surface area contributed by atoms with Crippen LogP contribution in [0.1, 0.15) is 12.0 Å². The summed E-state index contributed by atoms with van der Waals surface area (Å²) in [6, 6.07) is 5.78.